The number of hydrogen-bond donors (Lipinski definition) is 2. The molecular weight excluding hydrogens is 210 g/mol. The van der Waals surface area contributed by atoms with Crippen LogP contribution in [0.15, 0.2) is 11.3 Å². The molecule has 0 saturated heterocycles. The van der Waals surface area contributed by atoms with E-state index >= 15 is 0 Å². The van der Waals surface area contributed by atoms with E-state index in [0.717, 1.165) is 5.82 Å². The van der Waals surface area contributed by atoms with E-state index in [4.69, 9.17) is 23.2 Å². The van der Waals surface area contributed by atoms with Gasteiger partial charge in [-0.1, -0.05) is 23.4 Å². The molecule has 0 aliphatic rings. The summed E-state index contributed by atoms with van der Waals surface area (Å²) in [7, 11) is 1.83. The van der Waals surface area contributed by atoms with Crippen LogP contribution in [0.25, 0.3) is 0 Å². The zero-order valence-electron chi connectivity index (χ0n) is 7.07. The molecule has 0 aromatic carbocycles. The summed E-state index contributed by atoms with van der Waals surface area (Å²) in [5.74, 6) is 6.41. The molecule has 0 radical (unpaired) electrons. The number of amidine groups is 1. The monoisotopic (exact) mass is 219 g/mol. The van der Waals surface area contributed by atoms with Crippen molar-refractivity contribution in [1.82, 2.24) is 9.55 Å². The summed E-state index contributed by atoms with van der Waals surface area (Å²) in [6.45, 7) is 0. The molecule has 0 saturated carbocycles. The smallest absolute Gasteiger partial charge is 0.177 e. The van der Waals surface area contributed by atoms with Gasteiger partial charge in [0.15, 0.2) is 5.17 Å². The summed E-state index contributed by atoms with van der Waals surface area (Å²) in [6, 6.07) is 0. The van der Waals surface area contributed by atoms with E-state index in [0.29, 0.717) is 16.1 Å². The Kier molecular flexibility index (Phi) is 3.44. The maximum Gasteiger partial charge on any atom is 0.177 e. The molecule has 13 heavy (non-hydrogen) atoms. The average Bonchev–Trinajstić information content (AvgIpc) is 2.44. The third kappa shape index (κ3) is 2.53. The van der Waals surface area contributed by atoms with Gasteiger partial charge in [0, 0.05) is 7.05 Å². The summed E-state index contributed by atoms with van der Waals surface area (Å²) in [6.07, 6.45) is 1.59. The molecule has 72 valence electrons. The van der Waals surface area contributed by atoms with Gasteiger partial charge in [0.2, 0.25) is 0 Å². The van der Waals surface area contributed by atoms with E-state index in [9.17, 15) is 0 Å². The Morgan fingerprint density at radius 2 is 2.54 bits per heavy atom. The van der Waals surface area contributed by atoms with Crippen molar-refractivity contribution in [3.05, 3.63) is 17.2 Å². The first-order chi connectivity index (χ1) is 6.15. The van der Waals surface area contributed by atoms with Gasteiger partial charge in [-0.3, -0.25) is 0 Å². The maximum atomic E-state index is 5.78. The molecule has 5 nitrogen and oxygen atoms in total. The van der Waals surface area contributed by atoms with Gasteiger partial charge in [-0.15, -0.1) is 0 Å². The first kappa shape index (κ1) is 10.2. The molecule has 0 bridgehead atoms. The molecule has 7 heteroatoms. The van der Waals surface area contributed by atoms with Gasteiger partial charge in [0.1, 0.15) is 11.0 Å². The Balaban J connectivity index is 2.60. The molecule has 1 rings (SSSR count). The second-order valence-electron chi connectivity index (χ2n) is 2.31. The maximum absolute atomic E-state index is 5.78. The van der Waals surface area contributed by atoms with Crippen LogP contribution in [-0.4, -0.2) is 14.7 Å². The van der Waals surface area contributed by atoms with E-state index in [1.165, 1.54) is 11.8 Å². The lowest BCUT2D eigenvalue weighted by atomic mass is 10.7. The molecule has 4 N–H and O–H groups in total. The average molecular weight is 220 g/mol. The molecular formula is C6H10ClN5S. The largest absolute Gasteiger partial charge is 0.377 e. The summed E-state index contributed by atoms with van der Waals surface area (Å²) < 4.78 is 1.78. The number of hydrogen-bond acceptors (Lipinski definition) is 4. The predicted octanol–water partition coefficient (Wildman–Crippen LogP) is 0.495. The quantitative estimate of drug-likeness (QED) is 0.328. The topological polar surface area (TPSA) is 82.2 Å². The van der Waals surface area contributed by atoms with Gasteiger partial charge in [-0.05, 0) is 0 Å². The van der Waals surface area contributed by atoms with Crippen LogP contribution in [0.3, 0.4) is 0 Å². The van der Waals surface area contributed by atoms with Gasteiger partial charge in [-0.25, -0.2) is 4.98 Å². The molecule has 0 aliphatic carbocycles. The number of imidazole rings is 1. The van der Waals surface area contributed by atoms with Crippen molar-refractivity contribution in [2.45, 2.75) is 5.75 Å². The lowest BCUT2D eigenvalue weighted by Gasteiger charge is -2.00. The zero-order chi connectivity index (χ0) is 9.84. The third-order valence-corrected chi connectivity index (χ3v) is 2.66. The van der Waals surface area contributed by atoms with Gasteiger partial charge < -0.3 is 16.1 Å². The fraction of sp³-hybridized carbons (Fsp3) is 0.333. The fourth-order valence-electron chi connectivity index (χ4n) is 0.734. The standard InChI is InChI=1S/C6H10ClN5S/c1-12-4(7)2-10-5(12)3-13-6(8)11-9/h2H,3,9H2,1H3,(H2,8,11). The second-order valence-corrected chi connectivity index (χ2v) is 3.70. The highest BCUT2D eigenvalue weighted by atomic mass is 35.5. The molecule has 0 amide bonds. The van der Waals surface area contributed by atoms with Gasteiger partial charge in [0.25, 0.3) is 0 Å². The van der Waals surface area contributed by atoms with Gasteiger partial charge >= 0.3 is 0 Å². The van der Waals surface area contributed by atoms with Crippen LogP contribution in [0.5, 0.6) is 0 Å². The minimum absolute atomic E-state index is 0.333. The van der Waals surface area contributed by atoms with Crippen molar-refractivity contribution in [3.8, 4) is 0 Å². The highest BCUT2D eigenvalue weighted by Crippen LogP contribution is 2.14. The first-order valence-electron chi connectivity index (χ1n) is 3.47. The third-order valence-electron chi connectivity index (χ3n) is 1.50. The van der Waals surface area contributed by atoms with Crippen molar-refractivity contribution >= 4 is 28.5 Å². The number of halogens is 1. The number of aromatic nitrogens is 2. The van der Waals surface area contributed by atoms with Crippen LogP contribution in [0.4, 0.5) is 0 Å². The van der Waals surface area contributed by atoms with Crippen LogP contribution in [0, 0.1) is 0 Å². The highest BCUT2D eigenvalue weighted by molar-refractivity contribution is 8.13. The van der Waals surface area contributed by atoms with E-state index in [2.05, 4.69) is 10.1 Å². The molecule has 0 fully saturated rings. The van der Waals surface area contributed by atoms with E-state index in [-0.39, 0.29) is 0 Å². The number of hydrazone groups is 1. The van der Waals surface area contributed by atoms with Gasteiger partial charge in [-0.2, -0.15) is 5.10 Å². The molecule has 0 spiro atoms. The first-order valence-corrected chi connectivity index (χ1v) is 4.83. The highest BCUT2D eigenvalue weighted by Gasteiger charge is 2.04. The van der Waals surface area contributed by atoms with Crippen molar-refractivity contribution in [2.75, 3.05) is 0 Å². The van der Waals surface area contributed by atoms with Gasteiger partial charge in [0.05, 0.1) is 11.9 Å². The van der Waals surface area contributed by atoms with Crippen LogP contribution in [0.2, 0.25) is 5.15 Å². The van der Waals surface area contributed by atoms with Crippen molar-refractivity contribution in [2.24, 2.45) is 23.7 Å². The minimum atomic E-state index is 0.333. The Morgan fingerprint density at radius 1 is 1.85 bits per heavy atom. The Morgan fingerprint density at radius 3 is 3.00 bits per heavy atom. The molecule has 1 aromatic rings. The molecule has 1 aromatic heterocycles. The molecule has 1 heterocycles. The van der Waals surface area contributed by atoms with Crippen LogP contribution < -0.4 is 11.6 Å². The summed E-state index contributed by atoms with van der Waals surface area (Å²) in [4.78, 5) is 4.08. The fourth-order valence-corrected chi connectivity index (χ4v) is 1.50. The van der Waals surface area contributed by atoms with Crippen molar-refractivity contribution < 1.29 is 0 Å². The summed E-state index contributed by atoms with van der Waals surface area (Å²) in [5.41, 5.74) is 5.40. The molecule has 0 atom stereocenters. The Hall–Kier alpha value is -0.880. The SMILES string of the molecule is Cn1c(Cl)cnc1CS/C(N)=N/N. The normalized spacial score (nSPS) is 12.0. The summed E-state index contributed by atoms with van der Waals surface area (Å²) in [5, 5.41) is 4.26. The van der Waals surface area contributed by atoms with E-state index < -0.39 is 0 Å². The zero-order valence-corrected chi connectivity index (χ0v) is 8.64. The molecule has 0 aliphatic heterocycles. The number of thioether (sulfide) groups is 1. The molecule has 0 unspecified atom stereocenters. The second kappa shape index (κ2) is 4.38. The number of rotatable bonds is 2. The number of nitrogens with two attached hydrogens (primary N) is 2. The lowest BCUT2D eigenvalue weighted by molar-refractivity contribution is 0.851. The number of nitrogens with zero attached hydrogens (tertiary/aromatic N) is 3. The van der Waals surface area contributed by atoms with Crippen LogP contribution >= 0.6 is 23.4 Å². The van der Waals surface area contributed by atoms with Crippen LogP contribution in [0.1, 0.15) is 5.82 Å². The summed E-state index contributed by atoms with van der Waals surface area (Å²) >= 11 is 7.10. The van der Waals surface area contributed by atoms with E-state index in [1.807, 2.05) is 7.05 Å². The Labute approximate surface area is 85.1 Å². The van der Waals surface area contributed by atoms with Crippen molar-refractivity contribution in [1.29, 1.82) is 0 Å². The lowest BCUT2D eigenvalue weighted by Crippen LogP contribution is -2.10. The Bertz CT molecular complexity index is 321. The van der Waals surface area contributed by atoms with Crippen LogP contribution in [-0.2, 0) is 12.8 Å². The van der Waals surface area contributed by atoms with E-state index in [1.54, 1.807) is 10.8 Å². The van der Waals surface area contributed by atoms with Crippen molar-refractivity contribution in [3.63, 3.8) is 0 Å². The minimum Gasteiger partial charge on any atom is -0.377 e. The predicted molar refractivity (Wildman–Crippen MR) is 55.3 cm³/mol.